The Balaban J connectivity index is 1.59. The van der Waals surface area contributed by atoms with Gasteiger partial charge in [0, 0.05) is 3.57 Å². The van der Waals surface area contributed by atoms with Crippen LogP contribution in [0.3, 0.4) is 0 Å². The van der Waals surface area contributed by atoms with Gasteiger partial charge in [-0.05, 0) is 58.0 Å². The Labute approximate surface area is 166 Å². The smallest absolute Gasteiger partial charge is 0.272 e. The molecule has 3 aromatic carbocycles. The summed E-state index contributed by atoms with van der Waals surface area (Å²) < 4.78 is 6.68. The van der Waals surface area contributed by atoms with Crippen molar-refractivity contribution in [1.29, 1.82) is 0 Å². The van der Waals surface area contributed by atoms with Gasteiger partial charge in [0.2, 0.25) is 0 Å². The average molecular weight is 456 g/mol. The first-order valence-electron chi connectivity index (χ1n) is 8.07. The summed E-state index contributed by atoms with van der Waals surface area (Å²) in [5.74, 6) is 0.518. The minimum atomic E-state index is -0.234. The molecule has 0 saturated heterocycles. The van der Waals surface area contributed by atoms with Crippen molar-refractivity contribution < 1.29 is 9.53 Å². The molecule has 0 saturated carbocycles. The molecule has 0 aliphatic carbocycles. The molecule has 3 rings (SSSR count). The number of amides is 1. The van der Waals surface area contributed by atoms with E-state index in [9.17, 15) is 4.79 Å². The first kappa shape index (κ1) is 18.1. The van der Waals surface area contributed by atoms with E-state index in [0.29, 0.717) is 12.2 Å². The number of nitrogens with one attached hydrogen (secondary N) is 1. The number of carbonyl (C=O) groups excluding carboxylic acids is 1. The number of benzene rings is 3. The van der Waals surface area contributed by atoms with E-state index in [2.05, 4.69) is 33.1 Å². The Bertz CT molecular complexity index is 911. The monoisotopic (exact) mass is 456 g/mol. The minimum absolute atomic E-state index is 0.234. The Morgan fingerprint density at radius 2 is 1.77 bits per heavy atom. The van der Waals surface area contributed by atoms with E-state index < -0.39 is 0 Å². The van der Waals surface area contributed by atoms with Gasteiger partial charge in [0.05, 0.1) is 11.8 Å². The molecule has 0 aliphatic heterocycles. The maximum atomic E-state index is 12.1. The number of hydrogen-bond acceptors (Lipinski definition) is 3. The van der Waals surface area contributed by atoms with Crippen LogP contribution < -0.4 is 10.2 Å². The van der Waals surface area contributed by atoms with E-state index in [1.54, 1.807) is 12.3 Å². The number of hydrazone groups is 1. The lowest BCUT2D eigenvalue weighted by Gasteiger charge is -2.07. The van der Waals surface area contributed by atoms with Crippen molar-refractivity contribution in [3.05, 3.63) is 99.1 Å². The molecule has 0 aliphatic rings. The van der Waals surface area contributed by atoms with E-state index in [4.69, 9.17) is 4.74 Å². The van der Waals surface area contributed by atoms with Crippen LogP contribution in [-0.2, 0) is 6.61 Å². The molecule has 4 nitrogen and oxygen atoms in total. The highest BCUT2D eigenvalue weighted by atomic mass is 127. The molecule has 0 unspecified atom stereocenters. The zero-order chi connectivity index (χ0) is 18.2. The molecule has 0 radical (unpaired) electrons. The summed E-state index contributed by atoms with van der Waals surface area (Å²) in [7, 11) is 0. The van der Waals surface area contributed by atoms with Crippen LogP contribution in [0.5, 0.6) is 5.75 Å². The van der Waals surface area contributed by atoms with Crippen LogP contribution in [0.4, 0.5) is 0 Å². The topological polar surface area (TPSA) is 50.7 Å². The second-order valence-electron chi connectivity index (χ2n) is 5.53. The zero-order valence-corrected chi connectivity index (χ0v) is 16.1. The highest BCUT2D eigenvalue weighted by Gasteiger charge is 2.07. The first-order valence-corrected chi connectivity index (χ1v) is 9.15. The molecule has 130 valence electrons. The molecule has 0 heterocycles. The number of halogens is 1. The van der Waals surface area contributed by atoms with E-state index in [-0.39, 0.29) is 5.91 Å². The summed E-state index contributed by atoms with van der Waals surface area (Å²) >= 11 is 2.13. The lowest BCUT2D eigenvalue weighted by molar-refractivity contribution is 0.0954. The van der Waals surface area contributed by atoms with Gasteiger partial charge in [0.25, 0.3) is 5.91 Å². The summed E-state index contributed by atoms with van der Waals surface area (Å²) in [5.41, 5.74) is 5.11. The largest absolute Gasteiger partial charge is 0.489 e. The third-order valence-corrected chi connectivity index (χ3v) is 4.55. The van der Waals surface area contributed by atoms with Gasteiger partial charge in [0.1, 0.15) is 12.4 Å². The zero-order valence-electron chi connectivity index (χ0n) is 13.9. The van der Waals surface area contributed by atoms with Crippen molar-refractivity contribution in [2.45, 2.75) is 6.61 Å². The fourth-order valence-electron chi connectivity index (χ4n) is 2.30. The van der Waals surface area contributed by atoms with Crippen molar-refractivity contribution in [3.8, 4) is 5.75 Å². The highest BCUT2D eigenvalue weighted by Crippen LogP contribution is 2.14. The maximum absolute atomic E-state index is 12.1. The van der Waals surface area contributed by atoms with E-state index in [1.165, 1.54) is 0 Å². The quantitative estimate of drug-likeness (QED) is 0.334. The molecule has 0 bridgehead atoms. The van der Waals surface area contributed by atoms with Gasteiger partial charge in [-0.1, -0.05) is 54.6 Å². The Hall–Kier alpha value is -2.67. The predicted molar refractivity (Wildman–Crippen MR) is 111 cm³/mol. The van der Waals surface area contributed by atoms with E-state index >= 15 is 0 Å². The standard InChI is InChI=1S/C21H17IN2O2/c22-20-12-5-4-11-19(20)21(25)24-23-14-17-9-6-10-18(13-17)26-15-16-7-2-1-3-8-16/h1-14H,15H2,(H,24,25)/b23-14+. The lowest BCUT2D eigenvalue weighted by atomic mass is 10.2. The van der Waals surface area contributed by atoms with Crippen molar-refractivity contribution in [3.63, 3.8) is 0 Å². The molecule has 0 spiro atoms. The van der Waals surface area contributed by atoms with Crippen LogP contribution in [0.15, 0.2) is 84.0 Å². The summed E-state index contributed by atoms with van der Waals surface area (Å²) in [5, 5.41) is 4.03. The second-order valence-corrected chi connectivity index (χ2v) is 6.69. The van der Waals surface area contributed by atoms with Gasteiger partial charge in [0.15, 0.2) is 0 Å². The first-order chi connectivity index (χ1) is 12.7. The fraction of sp³-hybridized carbons (Fsp3) is 0.0476. The molecule has 1 amide bonds. The fourth-order valence-corrected chi connectivity index (χ4v) is 2.93. The summed E-state index contributed by atoms with van der Waals surface area (Å²) in [6, 6.07) is 24.9. The number of rotatable bonds is 6. The molecular weight excluding hydrogens is 439 g/mol. The Kier molecular flexibility index (Phi) is 6.38. The van der Waals surface area contributed by atoms with Crippen LogP contribution in [0, 0.1) is 3.57 Å². The molecule has 0 atom stereocenters. The normalized spacial score (nSPS) is 10.7. The van der Waals surface area contributed by atoms with Crippen molar-refractivity contribution in [1.82, 2.24) is 5.43 Å². The summed E-state index contributed by atoms with van der Waals surface area (Å²) in [6.07, 6.45) is 1.60. The van der Waals surface area contributed by atoms with E-state index in [1.807, 2.05) is 72.8 Å². The van der Waals surface area contributed by atoms with Crippen molar-refractivity contribution in [2.24, 2.45) is 5.10 Å². The summed E-state index contributed by atoms with van der Waals surface area (Å²) in [6.45, 7) is 0.505. The Morgan fingerprint density at radius 1 is 1.00 bits per heavy atom. The van der Waals surface area contributed by atoms with Gasteiger partial charge in [-0.25, -0.2) is 5.43 Å². The van der Waals surface area contributed by atoms with Crippen LogP contribution in [-0.4, -0.2) is 12.1 Å². The van der Waals surface area contributed by atoms with Gasteiger partial charge in [-0.3, -0.25) is 4.79 Å². The minimum Gasteiger partial charge on any atom is -0.489 e. The SMILES string of the molecule is O=C(N/N=C/c1cccc(OCc2ccccc2)c1)c1ccccc1I. The van der Waals surface area contributed by atoms with Crippen molar-refractivity contribution >= 4 is 34.7 Å². The Morgan fingerprint density at radius 3 is 2.58 bits per heavy atom. The average Bonchev–Trinajstić information content (AvgIpc) is 2.68. The summed E-state index contributed by atoms with van der Waals surface area (Å²) in [4.78, 5) is 12.1. The maximum Gasteiger partial charge on any atom is 0.272 e. The second kappa shape index (κ2) is 9.15. The molecule has 1 N–H and O–H groups in total. The number of carbonyl (C=O) groups is 1. The van der Waals surface area contributed by atoms with Crippen molar-refractivity contribution in [2.75, 3.05) is 0 Å². The van der Waals surface area contributed by atoms with Gasteiger partial charge in [-0.2, -0.15) is 5.10 Å². The number of hydrogen-bond donors (Lipinski definition) is 1. The molecule has 3 aromatic rings. The lowest BCUT2D eigenvalue weighted by Crippen LogP contribution is -2.18. The highest BCUT2D eigenvalue weighted by molar-refractivity contribution is 14.1. The molecule has 26 heavy (non-hydrogen) atoms. The van der Waals surface area contributed by atoms with Gasteiger partial charge in [-0.15, -0.1) is 0 Å². The number of ether oxygens (including phenoxy) is 1. The third-order valence-electron chi connectivity index (χ3n) is 3.60. The van der Waals surface area contributed by atoms with Crippen LogP contribution in [0.2, 0.25) is 0 Å². The molecule has 5 heteroatoms. The number of nitrogens with zero attached hydrogens (tertiary/aromatic N) is 1. The molecular formula is C21H17IN2O2. The van der Waals surface area contributed by atoms with E-state index in [0.717, 1.165) is 20.4 Å². The molecule has 0 aromatic heterocycles. The third kappa shape index (κ3) is 5.16. The van der Waals surface area contributed by atoms with Crippen LogP contribution in [0.25, 0.3) is 0 Å². The van der Waals surface area contributed by atoms with Gasteiger partial charge < -0.3 is 4.74 Å². The van der Waals surface area contributed by atoms with Crippen LogP contribution >= 0.6 is 22.6 Å². The van der Waals surface area contributed by atoms with Gasteiger partial charge >= 0.3 is 0 Å². The molecule has 0 fully saturated rings. The van der Waals surface area contributed by atoms with Crippen LogP contribution in [0.1, 0.15) is 21.5 Å². The predicted octanol–water partition coefficient (Wildman–Crippen LogP) is 4.63.